The number of rotatable bonds is 1. The van der Waals surface area contributed by atoms with Crippen molar-refractivity contribution in [3.05, 3.63) is 35.6 Å². The molecule has 0 unspecified atom stereocenters. The minimum absolute atomic E-state index is 0.172. The van der Waals surface area contributed by atoms with Crippen LogP contribution in [0.5, 0.6) is 0 Å². The number of fused-ring (bicyclic) bond motifs is 2. The summed E-state index contributed by atoms with van der Waals surface area (Å²) in [4.78, 5) is 9.69. The summed E-state index contributed by atoms with van der Waals surface area (Å²) in [6, 6.07) is 8.25. The molecule has 0 radical (unpaired) electrons. The quantitative estimate of drug-likeness (QED) is 0.805. The predicted octanol–water partition coefficient (Wildman–Crippen LogP) is 3.36. The number of nitrogens with zero attached hydrogens (tertiary/aromatic N) is 3. The van der Waals surface area contributed by atoms with Gasteiger partial charge in [-0.15, -0.1) is 0 Å². The first-order valence-corrected chi connectivity index (χ1v) is 8.26. The lowest BCUT2D eigenvalue weighted by Gasteiger charge is -2.44. The summed E-state index contributed by atoms with van der Waals surface area (Å²) in [5.74, 6) is 0.815. The third kappa shape index (κ3) is 2.45. The molecule has 3 nitrogen and oxygen atoms in total. The van der Waals surface area contributed by atoms with Crippen LogP contribution in [0.2, 0.25) is 0 Å². The highest BCUT2D eigenvalue weighted by atomic mass is 19.1. The molecule has 2 aliphatic heterocycles. The number of aromatic nitrogens is 1. The van der Waals surface area contributed by atoms with Crippen molar-refractivity contribution in [1.82, 2.24) is 9.88 Å². The van der Waals surface area contributed by atoms with Gasteiger partial charge in [-0.25, -0.2) is 9.37 Å². The second kappa shape index (κ2) is 5.51. The number of hydrogen-bond acceptors (Lipinski definition) is 3. The van der Waals surface area contributed by atoms with E-state index in [0.29, 0.717) is 11.6 Å². The zero-order chi connectivity index (χ0) is 15.1. The lowest BCUT2D eigenvalue weighted by Crippen LogP contribution is -2.55. The number of anilines is 1. The second-order valence-corrected chi connectivity index (χ2v) is 6.60. The van der Waals surface area contributed by atoms with Crippen molar-refractivity contribution in [3.8, 4) is 0 Å². The van der Waals surface area contributed by atoms with Crippen molar-refractivity contribution in [2.45, 2.75) is 32.2 Å². The standard InChI is InChI=1S/C18H22FN3/c1-13-10-14-5-6-18(20-17(14)11-16(13)19)22-9-8-21-7-3-2-4-15(21)12-22/h5-6,10-11,15H,2-4,7-9,12H2,1H3/t15-/m1/s1. The topological polar surface area (TPSA) is 19.4 Å². The predicted molar refractivity (Wildman–Crippen MR) is 87.9 cm³/mol. The van der Waals surface area contributed by atoms with Crippen molar-refractivity contribution in [1.29, 1.82) is 0 Å². The number of piperazine rings is 1. The number of pyridine rings is 1. The van der Waals surface area contributed by atoms with Gasteiger partial charge in [-0.3, -0.25) is 4.90 Å². The highest BCUT2D eigenvalue weighted by molar-refractivity contribution is 5.81. The van der Waals surface area contributed by atoms with Gasteiger partial charge in [0.05, 0.1) is 5.52 Å². The van der Waals surface area contributed by atoms with Crippen molar-refractivity contribution >= 4 is 16.7 Å². The zero-order valence-corrected chi connectivity index (χ0v) is 13.1. The third-order valence-corrected chi connectivity index (χ3v) is 5.12. The Morgan fingerprint density at radius 3 is 2.95 bits per heavy atom. The summed E-state index contributed by atoms with van der Waals surface area (Å²) < 4.78 is 13.8. The fourth-order valence-electron chi connectivity index (χ4n) is 3.79. The summed E-state index contributed by atoms with van der Waals surface area (Å²) in [7, 11) is 0. The number of benzene rings is 1. The van der Waals surface area contributed by atoms with E-state index in [1.807, 2.05) is 6.07 Å². The largest absolute Gasteiger partial charge is 0.354 e. The summed E-state index contributed by atoms with van der Waals surface area (Å²) in [6.07, 6.45) is 3.96. The Balaban J connectivity index is 1.62. The molecule has 0 spiro atoms. The molecule has 2 fully saturated rings. The van der Waals surface area contributed by atoms with Gasteiger partial charge in [0.2, 0.25) is 0 Å². The maximum atomic E-state index is 13.8. The third-order valence-electron chi connectivity index (χ3n) is 5.12. The van der Waals surface area contributed by atoms with Crippen LogP contribution in [0.15, 0.2) is 24.3 Å². The Labute approximate surface area is 130 Å². The molecule has 2 saturated heterocycles. The van der Waals surface area contributed by atoms with Gasteiger partial charge in [-0.2, -0.15) is 0 Å². The molecule has 1 aromatic carbocycles. The van der Waals surface area contributed by atoms with Gasteiger partial charge in [0.1, 0.15) is 11.6 Å². The van der Waals surface area contributed by atoms with E-state index < -0.39 is 0 Å². The molecule has 4 heteroatoms. The van der Waals surface area contributed by atoms with Gasteiger partial charge in [0.15, 0.2) is 0 Å². The van der Waals surface area contributed by atoms with E-state index >= 15 is 0 Å². The first kappa shape index (κ1) is 13.9. The van der Waals surface area contributed by atoms with Crippen LogP contribution in [-0.4, -0.2) is 42.1 Å². The lowest BCUT2D eigenvalue weighted by molar-refractivity contribution is 0.133. The van der Waals surface area contributed by atoms with E-state index in [2.05, 4.69) is 21.9 Å². The first-order valence-electron chi connectivity index (χ1n) is 8.26. The fraction of sp³-hybridized carbons (Fsp3) is 0.500. The molecule has 2 aliphatic rings. The van der Waals surface area contributed by atoms with Gasteiger partial charge < -0.3 is 4.90 Å². The molecule has 116 valence electrons. The van der Waals surface area contributed by atoms with Gasteiger partial charge in [0, 0.05) is 37.1 Å². The van der Waals surface area contributed by atoms with Crippen molar-refractivity contribution in [2.75, 3.05) is 31.1 Å². The minimum atomic E-state index is -0.172. The number of halogens is 1. The van der Waals surface area contributed by atoms with Crippen molar-refractivity contribution in [3.63, 3.8) is 0 Å². The van der Waals surface area contributed by atoms with E-state index in [-0.39, 0.29) is 5.82 Å². The summed E-state index contributed by atoms with van der Waals surface area (Å²) in [5.41, 5.74) is 1.43. The van der Waals surface area contributed by atoms with E-state index in [1.54, 1.807) is 13.0 Å². The number of hydrogen-bond donors (Lipinski definition) is 0. The Morgan fingerprint density at radius 1 is 1.14 bits per heavy atom. The monoisotopic (exact) mass is 299 g/mol. The molecule has 2 aromatic rings. The Hall–Kier alpha value is -1.68. The van der Waals surface area contributed by atoms with Gasteiger partial charge >= 0.3 is 0 Å². The van der Waals surface area contributed by atoms with Gasteiger partial charge in [-0.1, -0.05) is 6.42 Å². The molecule has 22 heavy (non-hydrogen) atoms. The molecule has 1 atom stereocenters. The lowest BCUT2D eigenvalue weighted by atomic mass is 9.99. The van der Waals surface area contributed by atoms with Crippen LogP contribution in [0.3, 0.4) is 0 Å². The van der Waals surface area contributed by atoms with Crippen LogP contribution in [0.4, 0.5) is 10.2 Å². The average molecular weight is 299 g/mol. The Morgan fingerprint density at radius 2 is 2.05 bits per heavy atom. The van der Waals surface area contributed by atoms with Crippen LogP contribution in [0.25, 0.3) is 10.9 Å². The van der Waals surface area contributed by atoms with Gasteiger partial charge in [-0.05, 0) is 50.1 Å². The van der Waals surface area contributed by atoms with Crippen LogP contribution < -0.4 is 4.90 Å². The maximum Gasteiger partial charge on any atom is 0.129 e. The van der Waals surface area contributed by atoms with Crippen LogP contribution in [0.1, 0.15) is 24.8 Å². The van der Waals surface area contributed by atoms with E-state index in [4.69, 9.17) is 4.98 Å². The van der Waals surface area contributed by atoms with Crippen LogP contribution in [0, 0.1) is 12.7 Å². The minimum Gasteiger partial charge on any atom is -0.354 e. The molecule has 0 aliphatic carbocycles. The van der Waals surface area contributed by atoms with E-state index in [0.717, 1.165) is 36.4 Å². The molecule has 0 N–H and O–H groups in total. The molecular weight excluding hydrogens is 277 g/mol. The molecule has 1 aromatic heterocycles. The van der Waals surface area contributed by atoms with Crippen molar-refractivity contribution in [2.24, 2.45) is 0 Å². The average Bonchev–Trinajstić information content (AvgIpc) is 2.55. The van der Waals surface area contributed by atoms with Gasteiger partial charge in [0.25, 0.3) is 0 Å². The summed E-state index contributed by atoms with van der Waals surface area (Å²) >= 11 is 0. The molecule has 0 saturated carbocycles. The summed E-state index contributed by atoms with van der Waals surface area (Å²) in [5, 5.41) is 1.01. The fourth-order valence-corrected chi connectivity index (χ4v) is 3.79. The number of aryl methyl sites for hydroxylation is 1. The molecule has 3 heterocycles. The SMILES string of the molecule is Cc1cc2ccc(N3CCN4CCCC[C@@H]4C3)nc2cc1F. The van der Waals surface area contributed by atoms with E-state index in [9.17, 15) is 4.39 Å². The molecule has 4 rings (SSSR count). The second-order valence-electron chi connectivity index (χ2n) is 6.60. The Kier molecular flexibility index (Phi) is 3.49. The highest BCUT2D eigenvalue weighted by Crippen LogP contribution is 2.26. The van der Waals surface area contributed by atoms with E-state index in [1.165, 1.54) is 25.8 Å². The molecule has 0 amide bonds. The van der Waals surface area contributed by atoms with Crippen LogP contribution in [-0.2, 0) is 0 Å². The maximum absolute atomic E-state index is 13.8. The Bertz CT molecular complexity index is 700. The van der Waals surface area contributed by atoms with Crippen molar-refractivity contribution < 1.29 is 4.39 Å². The zero-order valence-electron chi connectivity index (χ0n) is 13.1. The molecule has 0 bridgehead atoms. The number of piperidine rings is 1. The normalized spacial score (nSPS) is 22.8. The first-order chi connectivity index (χ1) is 10.7. The smallest absolute Gasteiger partial charge is 0.129 e. The summed E-state index contributed by atoms with van der Waals surface area (Å²) in [6.45, 7) is 6.22. The highest BCUT2D eigenvalue weighted by Gasteiger charge is 2.29. The van der Waals surface area contributed by atoms with Crippen LogP contribution >= 0.6 is 0 Å². The molecular formula is C18H22FN3.